The second-order valence-electron chi connectivity index (χ2n) is 4.73. The van der Waals surface area contributed by atoms with Gasteiger partial charge in [-0.25, -0.2) is 0 Å². The largest absolute Gasteiger partial charge is 0.374 e. The molecular formula is C11H24N2O. The fourth-order valence-corrected chi connectivity index (χ4v) is 2.66. The Morgan fingerprint density at radius 2 is 2.00 bits per heavy atom. The SMILES string of the molecule is CCOC(C)(C)C(NN)C1CCCC1. The van der Waals surface area contributed by atoms with Gasteiger partial charge in [0.1, 0.15) is 0 Å². The van der Waals surface area contributed by atoms with Crippen molar-refractivity contribution in [2.24, 2.45) is 11.8 Å². The van der Waals surface area contributed by atoms with Gasteiger partial charge in [0.15, 0.2) is 0 Å². The number of ether oxygens (including phenoxy) is 1. The summed E-state index contributed by atoms with van der Waals surface area (Å²) in [6.07, 6.45) is 5.24. The Balaban J connectivity index is 2.58. The van der Waals surface area contributed by atoms with Gasteiger partial charge in [-0.05, 0) is 39.5 Å². The van der Waals surface area contributed by atoms with Crippen LogP contribution in [0.1, 0.15) is 46.5 Å². The molecule has 1 unspecified atom stereocenters. The molecule has 0 saturated heterocycles. The zero-order valence-corrected chi connectivity index (χ0v) is 9.68. The highest BCUT2D eigenvalue weighted by molar-refractivity contribution is 4.91. The van der Waals surface area contributed by atoms with Crippen LogP contribution < -0.4 is 11.3 Å². The van der Waals surface area contributed by atoms with Crippen LogP contribution in [0.15, 0.2) is 0 Å². The quantitative estimate of drug-likeness (QED) is 0.526. The van der Waals surface area contributed by atoms with Crippen LogP contribution in [0.2, 0.25) is 0 Å². The molecule has 3 nitrogen and oxygen atoms in total. The summed E-state index contributed by atoms with van der Waals surface area (Å²) >= 11 is 0. The van der Waals surface area contributed by atoms with Crippen molar-refractivity contribution in [3.05, 3.63) is 0 Å². The first kappa shape index (κ1) is 12.0. The molecule has 0 bridgehead atoms. The average molecular weight is 200 g/mol. The van der Waals surface area contributed by atoms with Gasteiger partial charge in [0.05, 0.1) is 11.6 Å². The van der Waals surface area contributed by atoms with Crippen molar-refractivity contribution in [2.45, 2.75) is 58.1 Å². The fourth-order valence-electron chi connectivity index (χ4n) is 2.66. The van der Waals surface area contributed by atoms with E-state index in [4.69, 9.17) is 10.6 Å². The lowest BCUT2D eigenvalue weighted by atomic mass is 9.86. The number of hydrogen-bond donors (Lipinski definition) is 2. The molecule has 0 heterocycles. The number of hydrogen-bond acceptors (Lipinski definition) is 3. The molecule has 1 atom stereocenters. The van der Waals surface area contributed by atoms with E-state index in [1.165, 1.54) is 25.7 Å². The number of nitrogens with one attached hydrogen (secondary N) is 1. The highest BCUT2D eigenvalue weighted by Gasteiger charge is 2.36. The third kappa shape index (κ3) is 2.69. The van der Waals surface area contributed by atoms with Gasteiger partial charge in [0, 0.05) is 6.61 Å². The highest BCUT2D eigenvalue weighted by atomic mass is 16.5. The van der Waals surface area contributed by atoms with E-state index in [-0.39, 0.29) is 11.6 Å². The Bertz CT molecular complexity index is 165. The second-order valence-corrected chi connectivity index (χ2v) is 4.73. The van der Waals surface area contributed by atoms with E-state index >= 15 is 0 Å². The molecule has 1 aliphatic rings. The van der Waals surface area contributed by atoms with Gasteiger partial charge >= 0.3 is 0 Å². The van der Waals surface area contributed by atoms with E-state index in [0.29, 0.717) is 5.92 Å². The monoisotopic (exact) mass is 200 g/mol. The molecule has 0 radical (unpaired) electrons. The van der Waals surface area contributed by atoms with Crippen molar-refractivity contribution in [3.63, 3.8) is 0 Å². The molecule has 14 heavy (non-hydrogen) atoms. The average Bonchev–Trinajstić information content (AvgIpc) is 2.57. The molecule has 0 aromatic heterocycles. The lowest BCUT2D eigenvalue weighted by Gasteiger charge is -2.37. The lowest BCUT2D eigenvalue weighted by molar-refractivity contribution is -0.0525. The smallest absolute Gasteiger partial charge is 0.0794 e. The van der Waals surface area contributed by atoms with Gasteiger partial charge in [0.25, 0.3) is 0 Å². The van der Waals surface area contributed by atoms with Crippen LogP contribution in [0.4, 0.5) is 0 Å². The van der Waals surface area contributed by atoms with E-state index in [0.717, 1.165) is 6.61 Å². The predicted octanol–water partition coefficient (Wildman–Crippen LogP) is 1.82. The van der Waals surface area contributed by atoms with Crippen molar-refractivity contribution < 1.29 is 4.74 Å². The molecule has 0 aliphatic heterocycles. The predicted molar refractivity (Wildman–Crippen MR) is 58.8 cm³/mol. The molecule has 0 amide bonds. The third-order valence-corrected chi connectivity index (χ3v) is 3.32. The zero-order valence-electron chi connectivity index (χ0n) is 9.68. The number of hydrazine groups is 1. The first-order valence-electron chi connectivity index (χ1n) is 5.72. The first-order valence-corrected chi connectivity index (χ1v) is 5.72. The van der Waals surface area contributed by atoms with Crippen LogP contribution in [0, 0.1) is 5.92 Å². The molecule has 0 spiro atoms. The fraction of sp³-hybridized carbons (Fsp3) is 1.00. The Hall–Kier alpha value is -0.120. The standard InChI is InChI=1S/C11H24N2O/c1-4-14-11(2,3)10(13-12)9-7-5-6-8-9/h9-10,13H,4-8,12H2,1-3H3. The van der Waals surface area contributed by atoms with Crippen molar-refractivity contribution in [1.29, 1.82) is 0 Å². The van der Waals surface area contributed by atoms with Gasteiger partial charge in [0.2, 0.25) is 0 Å². The third-order valence-electron chi connectivity index (χ3n) is 3.32. The summed E-state index contributed by atoms with van der Waals surface area (Å²) in [5, 5.41) is 0. The Labute approximate surface area is 87.4 Å². The molecule has 0 aromatic rings. The van der Waals surface area contributed by atoms with Crippen molar-refractivity contribution >= 4 is 0 Å². The highest BCUT2D eigenvalue weighted by Crippen LogP contribution is 2.33. The van der Waals surface area contributed by atoms with E-state index in [9.17, 15) is 0 Å². The van der Waals surface area contributed by atoms with Gasteiger partial charge in [-0.15, -0.1) is 0 Å². The maximum absolute atomic E-state index is 5.75. The maximum Gasteiger partial charge on any atom is 0.0794 e. The first-order chi connectivity index (χ1) is 6.61. The van der Waals surface area contributed by atoms with E-state index < -0.39 is 0 Å². The lowest BCUT2D eigenvalue weighted by Crippen LogP contribution is -2.55. The Morgan fingerprint density at radius 3 is 2.43 bits per heavy atom. The summed E-state index contributed by atoms with van der Waals surface area (Å²) in [5.74, 6) is 6.32. The van der Waals surface area contributed by atoms with E-state index in [1.807, 2.05) is 6.92 Å². The molecule has 3 heteroatoms. The molecular weight excluding hydrogens is 176 g/mol. The summed E-state index contributed by atoms with van der Waals surface area (Å²) in [7, 11) is 0. The van der Waals surface area contributed by atoms with Gasteiger partial charge in [-0.2, -0.15) is 0 Å². The Kier molecular flexibility index (Phi) is 4.35. The van der Waals surface area contributed by atoms with Crippen molar-refractivity contribution in [2.75, 3.05) is 6.61 Å². The normalized spacial score (nSPS) is 21.4. The molecule has 3 N–H and O–H groups in total. The zero-order chi connectivity index (χ0) is 10.6. The number of nitrogens with two attached hydrogens (primary N) is 1. The van der Waals surface area contributed by atoms with Crippen LogP contribution in [0.3, 0.4) is 0 Å². The van der Waals surface area contributed by atoms with Crippen molar-refractivity contribution in [1.82, 2.24) is 5.43 Å². The van der Waals surface area contributed by atoms with Crippen LogP contribution in [-0.2, 0) is 4.74 Å². The minimum Gasteiger partial charge on any atom is -0.374 e. The summed E-state index contributed by atoms with van der Waals surface area (Å²) in [6.45, 7) is 7.03. The summed E-state index contributed by atoms with van der Waals surface area (Å²) in [4.78, 5) is 0. The Morgan fingerprint density at radius 1 is 1.43 bits per heavy atom. The van der Waals surface area contributed by atoms with Gasteiger partial charge in [-0.3, -0.25) is 11.3 Å². The minimum absolute atomic E-state index is 0.154. The van der Waals surface area contributed by atoms with Crippen LogP contribution in [0.25, 0.3) is 0 Å². The topological polar surface area (TPSA) is 47.3 Å². The maximum atomic E-state index is 5.75. The number of rotatable bonds is 5. The molecule has 1 fully saturated rings. The van der Waals surface area contributed by atoms with Crippen LogP contribution in [0.5, 0.6) is 0 Å². The second kappa shape index (κ2) is 5.10. The summed E-state index contributed by atoms with van der Waals surface area (Å²) in [6, 6.07) is 0.282. The summed E-state index contributed by atoms with van der Waals surface area (Å²) < 4.78 is 5.75. The van der Waals surface area contributed by atoms with Crippen LogP contribution in [-0.4, -0.2) is 18.2 Å². The van der Waals surface area contributed by atoms with Crippen LogP contribution >= 0.6 is 0 Å². The molecule has 84 valence electrons. The van der Waals surface area contributed by atoms with E-state index in [2.05, 4.69) is 19.3 Å². The molecule has 1 rings (SSSR count). The minimum atomic E-state index is -0.154. The van der Waals surface area contributed by atoms with Crippen molar-refractivity contribution in [3.8, 4) is 0 Å². The van der Waals surface area contributed by atoms with Gasteiger partial charge in [-0.1, -0.05) is 12.8 Å². The summed E-state index contributed by atoms with van der Waals surface area (Å²) in [5.41, 5.74) is 2.79. The van der Waals surface area contributed by atoms with Gasteiger partial charge < -0.3 is 4.74 Å². The molecule has 0 aromatic carbocycles. The van der Waals surface area contributed by atoms with E-state index in [1.54, 1.807) is 0 Å². The molecule has 1 saturated carbocycles. The molecule has 1 aliphatic carbocycles.